The van der Waals surface area contributed by atoms with E-state index in [0.717, 1.165) is 0 Å². The van der Waals surface area contributed by atoms with E-state index >= 15 is 0 Å². The molecule has 0 radical (unpaired) electrons. The Bertz CT molecular complexity index is 380. The molecule has 0 aromatic heterocycles. The van der Waals surface area contributed by atoms with E-state index in [-0.39, 0.29) is 5.78 Å². The monoisotopic (exact) mass is 251 g/mol. The van der Waals surface area contributed by atoms with Crippen molar-refractivity contribution in [2.24, 2.45) is 0 Å². The van der Waals surface area contributed by atoms with Crippen molar-refractivity contribution in [3.8, 4) is 11.5 Å². The van der Waals surface area contributed by atoms with Crippen molar-refractivity contribution >= 4 is 5.78 Å². The highest BCUT2D eigenvalue weighted by molar-refractivity contribution is 5.97. The van der Waals surface area contributed by atoms with Gasteiger partial charge in [-0.05, 0) is 12.1 Å². The van der Waals surface area contributed by atoms with Crippen molar-refractivity contribution in [2.45, 2.75) is 26.3 Å². The van der Waals surface area contributed by atoms with Gasteiger partial charge in [-0.15, -0.1) is 0 Å². The molecule has 18 heavy (non-hydrogen) atoms. The third kappa shape index (κ3) is 4.37. The fourth-order valence-electron chi connectivity index (χ4n) is 1.59. The van der Waals surface area contributed by atoms with Gasteiger partial charge in [-0.3, -0.25) is 4.79 Å². The van der Waals surface area contributed by atoms with Crippen LogP contribution in [0, 0.1) is 0 Å². The van der Waals surface area contributed by atoms with E-state index in [1.165, 1.54) is 0 Å². The van der Waals surface area contributed by atoms with Crippen LogP contribution in [-0.2, 0) is 0 Å². The maximum absolute atomic E-state index is 12.0. The summed E-state index contributed by atoms with van der Waals surface area (Å²) in [4.78, 5) is 12.0. The Morgan fingerprint density at radius 2 is 1.72 bits per heavy atom. The van der Waals surface area contributed by atoms with Gasteiger partial charge >= 0.3 is 0 Å². The number of carbonyl (C=O) groups is 1. The fourth-order valence-corrected chi connectivity index (χ4v) is 1.59. The standard InChI is InChI=1S/C14H21NO3/c1-10(2)15-6-5-14(16)11-7-12(17-3)9-13(8-11)18-4/h7-10,15H,5-6H2,1-4H3. The van der Waals surface area contributed by atoms with Crippen LogP contribution in [-0.4, -0.2) is 32.6 Å². The molecule has 0 heterocycles. The largest absolute Gasteiger partial charge is 0.497 e. The molecule has 0 saturated carbocycles. The van der Waals surface area contributed by atoms with Crippen LogP contribution in [0.3, 0.4) is 0 Å². The van der Waals surface area contributed by atoms with E-state index < -0.39 is 0 Å². The minimum Gasteiger partial charge on any atom is -0.497 e. The van der Waals surface area contributed by atoms with Gasteiger partial charge in [0.25, 0.3) is 0 Å². The molecule has 0 aliphatic heterocycles. The first-order valence-corrected chi connectivity index (χ1v) is 6.06. The third-order valence-corrected chi connectivity index (χ3v) is 2.58. The van der Waals surface area contributed by atoms with Crippen molar-refractivity contribution < 1.29 is 14.3 Å². The Kier molecular flexibility index (Phi) is 5.65. The Morgan fingerprint density at radius 1 is 1.17 bits per heavy atom. The Hall–Kier alpha value is -1.55. The van der Waals surface area contributed by atoms with Gasteiger partial charge in [0.1, 0.15) is 11.5 Å². The maximum Gasteiger partial charge on any atom is 0.164 e. The zero-order chi connectivity index (χ0) is 13.5. The molecule has 0 atom stereocenters. The number of ether oxygens (including phenoxy) is 2. The number of benzene rings is 1. The zero-order valence-corrected chi connectivity index (χ0v) is 11.4. The number of Topliss-reactive ketones (excluding diaryl/α,β-unsaturated/α-hetero) is 1. The molecule has 0 fully saturated rings. The van der Waals surface area contributed by atoms with Crippen LogP contribution in [0.1, 0.15) is 30.6 Å². The highest BCUT2D eigenvalue weighted by Gasteiger charge is 2.09. The number of ketones is 1. The van der Waals surface area contributed by atoms with Gasteiger partial charge in [0, 0.05) is 30.6 Å². The molecule has 1 aromatic rings. The van der Waals surface area contributed by atoms with Crippen molar-refractivity contribution in [3.63, 3.8) is 0 Å². The average Bonchev–Trinajstić information content (AvgIpc) is 2.37. The summed E-state index contributed by atoms with van der Waals surface area (Å²) in [5.41, 5.74) is 0.622. The van der Waals surface area contributed by atoms with E-state index in [1.54, 1.807) is 32.4 Å². The first kappa shape index (κ1) is 14.5. The molecule has 0 bridgehead atoms. The van der Waals surface area contributed by atoms with Crippen LogP contribution >= 0.6 is 0 Å². The minimum atomic E-state index is 0.0837. The summed E-state index contributed by atoms with van der Waals surface area (Å²) < 4.78 is 10.3. The number of hydrogen-bond donors (Lipinski definition) is 1. The van der Waals surface area contributed by atoms with Crippen LogP contribution in [0.5, 0.6) is 11.5 Å². The van der Waals surface area contributed by atoms with Crippen molar-refractivity contribution in [1.82, 2.24) is 5.32 Å². The fraction of sp³-hybridized carbons (Fsp3) is 0.500. The number of rotatable bonds is 7. The molecule has 0 unspecified atom stereocenters. The summed E-state index contributed by atoms with van der Waals surface area (Å²) in [6.45, 7) is 4.79. The van der Waals surface area contributed by atoms with Crippen LogP contribution < -0.4 is 14.8 Å². The topological polar surface area (TPSA) is 47.6 Å². The van der Waals surface area contributed by atoms with Gasteiger partial charge in [-0.1, -0.05) is 13.8 Å². The lowest BCUT2D eigenvalue weighted by Crippen LogP contribution is -2.25. The molecule has 4 heteroatoms. The van der Waals surface area contributed by atoms with E-state index in [2.05, 4.69) is 19.2 Å². The van der Waals surface area contributed by atoms with Gasteiger partial charge < -0.3 is 14.8 Å². The molecule has 0 amide bonds. The molecule has 1 rings (SSSR count). The highest BCUT2D eigenvalue weighted by Crippen LogP contribution is 2.23. The molecular formula is C14H21NO3. The predicted octanol–water partition coefficient (Wildman–Crippen LogP) is 2.27. The van der Waals surface area contributed by atoms with Crippen LogP contribution in [0.25, 0.3) is 0 Å². The maximum atomic E-state index is 12.0. The first-order valence-electron chi connectivity index (χ1n) is 6.06. The Morgan fingerprint density at radius 3 is 2.17 bits per heavy atom. The molecule has 0 aliphatic carbocycles. The summed E-state index contributed by atoms with van der Waals surface area (Å²) >= 11 is 0. The molecular weight excluding hydrogens is 230 g/mol. The molecule has 1 N–H and O–H groups in total. The Balaban J connectivity index is 2.72. The van der Waals surface area contributed by atoms with E-state index in [0.29, 0.717) is 36.1 Å². The molecule has 0 aliphatic rings. The third-order valence-electron chi connectivity index (χ3n) is 2.58. The Labute approximate surface area is 108 Å². The van der Waals surface area contributed by atoms with Crippen LogP contribution in [0.4, 0.5) is 0 Å². The number of hydrogen-bond acceptors (Lipinski definition) is 4. The molecule has 0 spiro atoms. The number of carbonyl (C=O) groups excluding carboxylic acids is 1. The van der Waals surface area contributed by atoms with Crippen LogP contribution in [0.15, 0.2) is 18.2 Å². The number of nitrogens with one attached hydrogen (secondary N) is 1. The minimum absolute atomic E-state index is 0.0837. The van der Waals surface area contributed by atoms with Crippen molar-refractivity contribution in [3.05, 3.63) is 23.8 Å². The quantitative estimate of drug-likeness (QED) is 0.755. The van der Waals surface area contributed by atoms with Gasteiger partial charge in [-0.2, -0.15) is 0 Å². The molecule has 1 aromatic carbocycles. The van der Waals surface area contributed by atoms with E-state index in [9.17, 15) is 4.79 Å². The van der Waals surface area contributed by atoms with Crippen molar-refractivity contribution in [2.75, 3.05) is 20.8 Å². The van der Waals surface area contributed by atoms with Crippen LogP contribution in [0.2, 0.25) is 0 Å². The molecule has 4 nitrogen and oxygen atoms in total. The zero-order valence-electron chi connectivity index (χ0n) is 11.4. The predicted molar refractivity (Wildman–Crippen MR) is 71.6 cm³/mol. The van der Waals surface area contributed by atoms with E-state index in [4.69, 9.17) is 9.47 Å². The average molecular weight is 251 g/mol. The number of methoxy groups -OCH3 is 2. The van der Waals surface area contributed by atoms with Gasteiger partial charge in [0.15, 0.2) is 5.78 Å². The lowest BCUT2D eigenvalue weighted by atomic mass is 10.1. The van der Waals surface area contributed by atoms with Gasteiger partial charge in [0.2, 0.25) is 0 Å². The second kappa shape index (κ2) is 7.01. The summed E-state index contributed by atoms with van der Waals surface area (Å²) in [6, 6.07) is 5.61. The SMILES string of the molecule is COc1cc(OC)cc(C(=O)CCNC(C)C)c1. The smallest absolute Gasteiger partial charge is 0.164 e. The second-order valence-electron chi connectivity index (χ2n) is 4.38. The summed E-state index contributed by atoms with van der Waals surface area (Å²) in [5.74, 6) is 1.35. The lowest BCUT2D eigenvalue weighted by molar-refractivity contribution is 0.0981. The molecule has 0 saturated heterocycles. The lowest BCUT2D eigenvalue weighted by Gasteiger charge is -2.09. The van der Waals surface area contributed by atoms with Crippen molar-refractivity contribution in [1.29, 1.82) is 0 Å². The summed E-state index contributed by atoms with van der Waals surface area (Å²) in [6.07, 6.45) is 0.467. The van der Waals surface area contributed by atoms with Gasteiger partial charge in [-0.25, -0.2) is 0 Å². The highest BCUT2D eigenvalue weighted by atomic mass is 16.5. The summed E-state index contributed by atoms with van der Waals surface area (Å²) in [5, 5.41) is 3.22. The molecule has 100 valence electrons. The normalized spacial score (nSPS) is 10.5. The summed E-state index contributed by atoms with van der Waals surface area (Å²) in [7, 11) is 3.15. The van der Waals surface area contributed by atoms with E-state index in [1.807, 2.05) is 0 Å². The second-order valence-corrected chi connectivity index (χ2v) is 4.38. The van der Waals surface area contributed by atoms with Gasteiger partial charge in [0.05, 0.1) is 14.2 Å². The first-order chi connectivity index (χ1) is 8.56.